The lowest BCUT2D eigenvalue weighted by atomic mass is 10.0. The highest BCUT2D eigenvalue weighted by molar-refractivity contribution is 5.96. The molecule has 14 heteroatoms. The van der Waals surface area contributed by atoms with Crippen LogP contribution in [0.3, 0.4) is 0 Å². The number of carboxylic acids is 1. The molecular weight excluding hydrogens is 630 g/mol. The smallest absolute Gasteiger partial charge is 0.408 e. The Morgan fingerprint density at radius 2 is 1.90 bits per heavy atom. The normalized spacial score (nSPS) is 26.8. The van der Waals surface area contributed by atoms with Gasteiger partial charge < -0.3 is 35.1 Å². The summed E-state index contributed by atoms with van der Waals surface area (Å²) < 4.78 is 11.9. The van der Waals surface area contributed by atoms with Gasteiger partial charge in [0.05, 0.1) is 24.0 Å². The number of fused-ring (bicyclic) bond motifs is 3. The van der Waals surface area contributed by atoms with Crippen LogP contribution in [0.5, 0.6) is 5.88 Å². The Kier molecular flexibility index (Phi) is 9.57. The Balaban J connectivity index is 1.31. The van der Waals surface area contributed by atoms with E-state index in [-0.39, 0.29) is 31.2 Å². The zero-order valence-electron chi connectivity index (χ0n) is 28.0. The van der Waals surface area contributed by atoms with Gasteiger partial charge in [0.15, 0.2) is 0 Å². The zero-order valence-corrected chi connectivity index (χ0v) is 28.0. The number of amides is 3. The molecule has 3 amide bonds. The number of nitrogens with one attached hydrogen (secondary N) is 3. The average Bonchev–Trinajstić information content (AvgIpc) is 3.33. The quantitative estimate of drug-likeness (QED) is 0.281. The number of imidazole rings is 1. The second kappa shape index (κ2) is 13.8. The van der Waals surface area contributed by atoms with E-state index in [0.29, 0.717) is 41.8 Å². The molecule has 2 fully saturated rings. The summed E-state index contributed by atoms with van der Waals surface area (Å²) in [5.41, 5.74) is -0.423. The first kappa shape index (κ1) is 33.9. The number of carboxylic acid groups (broad SMARTS) is 1. The summed E-state index contributed by atoms with van der Waals surface area (Å²) in [6, 6.07) is 5.35. The van der Waals surface area contributed by atoms with Crippen molar-refractivity contribution >= 4 is 34.9 Å². The Hall–Kier alpha value is -5.01. The molecule has 1 aromatic carbocycles. The van der Waals surface area contributed by atoms with Crippen molar-refractivity contribution in [3.63, 3.8) is 0 Å². The summed E-state index contributed by atoms with van der Waals surface area (Å²) >= 11 is 0. The molecule has 1 saturated heterocycles. The molecule has 6 rings (SSSR count). The number of allylic oxidation sites excluding steroid dienone is 1. The predicted octanol–water partition coefficient (Wildman–Crippen LogP) is 3.67. The highest BCUT2D eigenvalue weighted by Gasteiger charge is 2.61. The first-order valence-electron chi connectivity index (χ1n) is 16.8. The van der Waals surface area contributed by atoms with Crippen molar-refractivity contribution in [1.29, 1.82) is 0 Å². The third-order valence-electron chi connectivity index (χ3n) is 9.09. The molecule has 3 aliphatic rings. The standard InChI is InChI=1S/C35H43N7O7/c1-34(2,3)49-33(47)40-25-14-8-6-4-5-7-11-21-19-35(21,32(45)46)41-29(43)27-17-22(20-42(27)31(25)44)48-30-26(18-28-36-15-16-37-28)38-23-12-9-10-13-24(23)39-30/h7,9-13,15-16,21-22,25,27H,4-6,8,14,17-20H2,1-3H3,(H,36,37)(H,40,47)(H,41,43)(H,45,46)/b11-7-/t21?,22-,25+,27?,35?/m1/s1. The maximum atomic E-state index is 14.3. The van der Waals surface area contributed by atoms with Gasteiger partial charge in [-0.15, -0.1) is 0 Å². The minimum Gasteiger partial charge on any atom is -0.479 e. The molecule has 14 nitrogen and oxygen atoms in total. The van der Waals surface area contributed by atoms with Gasteiger partial charge in [-0.3, -0.25) is 9.59 Å². The fourth-order valence-corrected chi connectivity index (χ4v) is 6.54. The van der Waals surface area contributed by atoms with E-state index < -0.39 is 53.2 Å². The molecule has 4 N–H and O–H groups in total. The number of carbonyl (C=O) groups excluding carboxylic acids is 3. The Labute approximate surface area is 284 Å². The summed E-state index contributed by atoms with van der Waals surface area (Å²) in [7, 11) is 0. The molecule has 49 heavy (non-hydrogen) atoms. The van der Waals surface area contributed by atoms with Gasteiger partial charge in [-0.2, -0.15) is 0 Å². The Morgan fingerprint density at radius 3 is 2.61 bits per heavy atom. The minimum atomic E-state index is -1.45. The van der Waals surface area contributed by atoms with Crippen LogP contribution in [0.25, 0.3) is 11.0 Å². The second-order valence-electron chi connectivity index (χ2n) is 14.0. The van der Waals surface area contributed by atoms with Crippen LogP contribution in [0, 0.1) is 5.92 Å². The van der Waals surface area contributed by atoms with Gasteiger partial charge in [0, 0.05) is 24.7 Å². The monoisotopic (exact) mass is 673 g/mol. The molecule has 2 aliphatic heterocycles. The van der Waals surface area contributed by atoms with Gasteiger partial charge >= 0.3 is 12.1 Å². The summed E-state index contributed by atoms with van der Waals surface area (Å²) in [5.74, 6) is -1.64. The van der Waals surface area contributed by atoms with Crippen LogP contribution in [0.4, 0.5) is 4.79 Å². The van der Waals surface area contributed by atoms with Gasteiger partial charge in [-0.05, 0) is 58.6 Å². The molecule has 0 spiro atoms. The van der Waals surface area contributed by atoms with Gasteiger partial charge in [0.1, 0.15) is 40.8 Å². The average molecular weight is 674 g/mol. The van der Waals surface area contributed by atoms with E-state index in [1.165, 1.54) is 4.90 Å². The number of rotatable bonds is 6. The maximum absolute atomic E-state index is 14.3. The highest BCUT2D eigenvalue weighted by atomic mass is 16.6. The van der Waals surface area contributed by atoms with Gasteiger partial charge in [0.2, 0.25) is 17.7 Å². The Bertz CT molecular complexity index is 1740. The number of H-pyrrole nitrogens is 1. The van der Waals surface area contributed by atoms with Crippen LogP contribution >= 0.6 is 0 Å². The molecule has 0 bridgehead atoms. The van der Waals surface area contributed by atoms with Crippen LogP contribution in [0.1, 0.15) is 77.2 Å². The van der Waals surface area contributed by atoms with Gasteiger partial charge in [-0.25, -0.2) is 24.5 Å². The SMILES string of the molecule is CC(C)(C)OC(=O)N[C@H]1CCCCC/C=C\C2CC2(C(=O)O)NC(=O)C2C[C@@H](Oc3nc4ccccc4nc3Cc3ncc[nH]3)CN2C1=O. The van der Waals surface area contributed by atoms with Gasteiger partial charge in [0.25, 0.3) is 0 Å². The fourth-order valence-electron chi connectivity index (χ4n) is 6.54. The number of ether oxygens (including phenoxy) is 2. The van der Waals surface area contributed by atoms with E-state index in [1.54, 1.807) is 33.2 Å². The third kappa shape index (κ3) is 7.84. The first-order valence-corrected chi connectivity index (χ1v) is 16.8. The lowest BCUT2D eigenvalue weighted by Crippen LogP contribution is -2.56. The largest absolute Gasteiger partial charge is 0.479 e. The number of aromatic amines is 1. The van der Waals surface area contributed by atoms with Crippen LogP contribution in [-0.2, 0) is 25.5 Å². The van der Waals surface area contributed by atoms with Crippen LogP contribution in [0.2, 0.25) is 0 Å². The Morgan fingerprint density at radius 1 is 1.12 bits per heavy atom. The van der Waals surface area contributed by atoms with Crippen molar-refractivity contribution in [3.8, 4) is 5.88 Å². The van der Waals surface area contributed by atoms with Crippen molar-refractivity contribution in [3.05, 3.63) is 60.3 Å². The fraction of sp³-hybridized carbons (Fsp3) is 0.514. The van der Waals surface area contributed by atoms with Crippen molar-refractivity contribution in [2.45, 2.75) is 101 Å². The van der Waals surface area contributed by atoms with E-state index in [2.05, 4.69) is 20.6 Å². The number of benzene rings is 1. The number of nitrogens with zero attached hydrogens (tertiary/aromatic N) is 4. The summed E-state index contributed by atoms with van der Waals surface area (Å²) in [6.07, 6.45) is 9.73. The number of carbonyl (C=O) groups is 4. The van der Waals surface area contributed by atoms with Crippen LogP contribution in [0.15, 0.2) is 48.8 Å². The predicted molar refractivity (Wildman–Crippen MR) is 177 cm³/mol. The van der Waals surface area contributed by atoms with Crippen LogP contribution < -0.4 is 15.4 Å². The van der Waals surface area contributed by atoms with E-state index in [1.807, 2.05) is 36.4 Å². The number of alkyl carbamates (subject to hydrolysis) is 1. The molecule has 1 aliphatic carbocycles. The molecule has 5 atom stereocenters. The van der Waals surface area contributed by atoms with Crippen molar-refractivity contribution < 1.29 is 33.8 Å². The number of hydrogen-bond acceptors (Lipinski definition) is 9. The number of para-hydroxylation sites is 2. The lowest BCUT2D eigenvalue weighted by Gasteiger charge is -2.30. The van der Waals surface area contributed by atoms with E-state index in [4.69, 9.17) is 19.4 Å². The molecular formula is C35H43N7O7. The molecule has 2 aromatic heterocycles. The summed E-state index contributed by atoms with van der Waals surface area (Å²) in [6.45, 7) is 5.21. The topological polar surface area (TPSA) is 189 Å². The lowest BCUT2D eigenvalue weighted by molar-refractivity contribution is -0.145. The molecule has 3 unspecified atom stereocenters. The van der Waals surface area contributed by atoms with E-state index >= 15 is 0 Å². The second-order valence-corrected chi connectivity index (χ2v) is 14.0. The number of aromatic nitrogens is 4. The van der Waals surface area contributed by atoms with E-state index in [0.717, 1.165) is 19.3 Å². The summed E-state index contributed by atoms with van der Waals surface area (Å²) in [5, 5.41) is 15.7. The zero-order chi connectivity index (χ0) is 34.8. The van der Waals surface area contributed by atoms with Crippen molar-refractivity contribution in [2.75, 3.05) is 6.54 Å². The summed E-state index contributed by atoms with van der Waals surface area (Å²) in [4.78, 5) is 72.0. The first-order chi connectivity index (χ1) is 23.4. The maximum Gasteiger partial charge on any atom is 0.408 e. The molecule has 1 saturated carbocycles. The molecule has 0 radical (unpaired) electrons. The van der Waals surface area contributed by atoms with Gasteiger partial charge in [-0.1, -0.05) is 37.1 Å². The number of aliphatic carboxylic acids is 1. The third-order valence-corrected chi connectivity index (χ3v) is 9.09. The number of hydrogen-bond donors (Lipinski definition) is 4. The minimum absolute atomic E-state index is 0.00151. The molecule has 4 heterocycles. The van der Waals surface area contributed by atoms with Crippen LogP contribution in [-0.4, -0.2) is 89.7 Å². The molecule has 3 aromatic rings. The van der Waals surface area contributed by atoms with Crippen molar-refractivity contribution in [1.82, 2.24) is 35.5 Å². The van der Waals surface area contributed by atoms with E-state index in [9.17, 15) is 24.3 Å². The molecule has 260 valence electrons. The highest BCUT2D eigenvalue weighted by Crippen LogP contribution is 2.45. The van der Waals surface area contributed by atoms with Crippen molar-refractivity contribution in [2.24, 2.45) is 5.92 Å².